The van der Waals surface area contributed by atoms with Gasteiger partial charge < -0.3 is 10.6 Å². The van der Waals surface area contributed by atoms with Gasteiger partial charge in [-0.2, -0.15) is 0 Å². The first-order valence-electron chi connectivity index (χ1n) is 9.00. The highest BCUT2D eigenvalue weighted by Crippen LogP contribution is 2.22. The van der Waals surface area contributed by atoms with E-state index in [4.69, 9.17) is 0 Å². The highest BCUT2D eigenvalue weighted by Gasteiger charge is 2.15. The number of nitrogens with zero attached hydrogens (tertiary/aromatic N) is 1. The van der Waals surface area contributed by atoms with Crippen molar-refractivity contribution in [3.8, 4) is 0 Å². The van der Waals surface area contributed by atoms with Crippen LogP contribution in [-0.4, -0.2) is 16.8 Å². The zero-order valence-corrected chi connectivity index (χ0v) is 15.9. The van der Waals surface area contributed by atoms with E-state index in [0.717, 1.165) is 35.4 Å². The summed E-state index contributed by atoms with van der Waals surface area (Å²) in [6.45, 7) is 3.89. The summed E-state index contributed by atoms with van der Waals surface area (Å²) in [5, 5.41) is 5.21. The van der Waals surface area contributed by atoms with Gasteiger partial charge in [-0.1, -0.05) is 25.1 Å². The Labute approximate surface area is 166 Å². The van der Waals surface area contributed by atoms with Crippen LogP contribution in [0.4, 0.5) is 20.2 Å². The van der Waals surface area contributed by atoms with Crippen LogP contribution in [0.3, 0.4) is 0 Å². The van der Waals surface area contributed by atoms with E-state index in [-0.39, 0.29) is 16.8 Å². The van der Waals surface area contributed by atoms with Gasteiger partial charge in [0.1, 0.15) is 11.6 Å². The third kappa shape index (κ3) is 4.63. The number of rotatable bonds is 5. The van der Waals surface area contributed by atoms with Crippen LogP contribution in [0, 0.1) is 18.6 Å². The number of nitrogens with one attached hydrogen (secondary N) is 2. The number of carbonyl (C=O) groups excluding carboxylic acids is 2. The first-order chi connectivity index (χ1) is 13.9. The summed E-state index contributed by atoms with van der Waals surface area (Å²) < 4.78 is 26.8. The smallest absolute Gasteiger partial charge is 0.257 e. The summed E-state index contributed by atoms with van der Waals surface area (Å²) in [6, 6.07) is 9.95. The molecule has 2 N–H and O–H groups in total. The Morgan fingerprint density at radius 1 is 0.966 bits per heavy atom. The van der Waals surface area contributed by atoms with Crippen molar-refractivity contribution in [1.29, 1.82) is 0 Å². The summed E-state index contributed by atoms with van der Waals surface area (Å²) in [5.74, 6) is -2.72. The minimum atomic E-state index is -0.896. The largest absolute Gasteiger partial charge is 0.321 e. The molecular formula is C22H19F2N3O2. The number of carbonyl (C=O) groups is 2. The Hall–Kier alpha value is -3.61. The van der Waals surface area contributed by atoms with Gasteiger partial charge in [0.2, 0.25) is 0 Å². The molecule has 0 saturated carbocycles. The van der Waals surface area contributed by atoms with Gasteiger partial charge in [-0.15, -0.1) is 0 Å². The number of halogens is 2. The average Bonchev–Trinajstić information content (AvgIpc) is 2.71. The first-order valence-corrected chi connectivity index (χ1v) is 9.00. The standard InChI is InChI=1S/C22H19F2N3O2/c1-3-14-6-4-5-13(2)20(14)27-22(29)16-9-15(11-25-12-16)21(28)26-19-8-7-17(23)10-18(19)24/h4-12H,3H2,1-2H3,(H,26,28)(H,27,29). The van der Waals surface area contributed by atoms with Gasteiger partial charge in [0, 0.05) is 24.1 Å². The second-order valence-corrected chi connectivity index (χ2v) is 6.46. The van der Waals surface area contributed by atoms with Crippen molar-refractivity contribution in [2.24, 2.45) is 0 Å². The second-order valence-electron chi connectivity index (χ2n) is 6.46. The van der Waals surface area contributed by atoms with Crippen molar-refractivity contribution < 1.29 is 18.4 Å². The van der Waals surface area contributed by atoms with Crippen molar-refractivity contribution in [2.75, 3.05) is 10.6 Å². The lowest BCUT2D eigenvalue weighted by atomic mass is 10.1. The minimum absolute atomic E-state index is 0.0712. The normalized spacial score (nSPS) is 10.5. The zero-order valence-electron chi connectivity index (χ0n) is 15.9. The summed E-state index contributed by atoms with van der Waals surface area (Å²) in [5.41, 5.74) is 2.73. The molecule has 0 spiro atoms. The fourth-order valence-electron chi connectivity index (χ4n) is 2.86. The molecule has 0 bridgehead atoms. The van der Waals surface area contributed by atoms with Crippen molar-refractivity contribution in [2.45, 2.75) is 20.3 Å². The number of pyridine rings is 1. The zero-order chi connectivity index (χ0) is 21.0. The van der Waals surface area contributed by atoms with Crippen LogP contribution in [0.2, 0.25) is 0 Å². The number of amides is 2. The van der Waals surface area contributed by atoms with Gasteiger partial charge in [-0.05, 0) is 42.7 Å². The number of aromatic nitrogens is 1. The molecule has 0 saturated heterocycles. The molecule has 1 heterocycles. The van der Waals surface area contributed by atoms with Gasteiger partial charge in [-0.3, -0.25) is 14.6 Å². The van der Waals surface area contributed by atoms with Crippen molar-refractivity contribution in [3.05, 3.63) is 88.7 Å². The van der Waals surface area contributed by atoms with Gasteiger partial charge in [0.25, 0.3) is 11.8 Å². The maximum Gasteiger partial charge on any atom is 0.257 e. The van der Waals surface area contributed by atoms with E-state index in [1.807, 2.05) is 32.0 Å². The molecule has 1 aromatic heterocycles. The highest BCUT2D eigenvalue weighted by molar-refractivity contribution is 6.08. The second kappa shape index (κ2) is 8.60. The van der Waals surface area contributed by atoms with Crippen molar-refractivity contribution >= 4 is 23.2 Å². The fraction of sp³-hybridized carbons (Fsp3) is 0.136. The summed E-state index contributed by atoms with van der Waals surface area (Å²) in [6.07, 6.45) is 3.36. The molecule has 0 radical (unpaired) electrons. The van der Waals surface area contributed by atoms with Gasteiger partial charge >= 0.3 is 0 Å². The summed E-state index contributed by atoms with van der Waals surface area (Å²) in [4.78, 5) is 29.0. The lowest BCUT2D eigenvalue weighted by molar-refractivity contribution is 0.102. The molecule has 5 nitrogen and oxygen atoms in total. The third-order valence-electron chi connectivity index (χ3n) is 4.42. The molecule has 0 unspecified atom stereocenters. The Balaban J connectivity index is 1.80. The monoisotopic (exact) mass is 395 g/mol. The third-order valence-corrected chi connectivity index (χ3v) is 4.42. The Bertz CT molecular complexity index is 1080. The molecule has 0 aliphatic rings. The van der Waals surface area contributed by atoms with Gasteiger partial charge in [0.05, 0.1) is 16.8 Å². The molecule has 29 heavy (non-hydrogen) atoms. The van der Waals surface area contributed by atoms with Crippen LogP contribution in [0.1, 0.15) is 38.8 Å². The maximum atomic E-state index is 13.8. The number of hydrogen-bond donors (Lipinski definition) is 2. The van der Waals surface area contributed by atoms with Crippen molar-refractivity contribution in [3.63, 3.8) is 0 Å². The number of aryl methyl sites for hydroxylation is 2. The van der Waals surface area contributed by atoms with E-state index in [0.29, 0.717) is 6.07 Å². The SMILES string of the molecule is CCc1cccc(C)c1NC(=O)c1cncc(C(=O)Nc2ccc(F)cc2F)c1. The number of para-hydroxylation sites is 1. The molecule has 2 amide bonds. The molecule has 0 aliphatic heterocycles. The van der Waals surface area contributed by atoms with E-state index < -0.39 is 23.4 Å². The molecule has 0 fully saturated rings. The minimum Gasteiger partial charge on any atom is -0.321 e. The molecule has 148 valence electrons. The van der Waals surface area contributed by atoms with Crippen LogP contribution >= 0.6 is 0 Å². The molecule has 0 atom stereocenters. The Morgan fingerprint density at radius 3 is 2.31 bits per heavy atom. The Kier molecular flexibility index (Phi) is 5.97. The van der Waals surface area contributed by atoms with E-state index in [9.17, 15) is 18.4 Å². The lowest BCUT2D eigenvalue weighted by Crippen LogP contribution is -2.17. The van der Waals surface area contributed by atoms with E-state index in [1.165, 1.54) is 18.5 Å². The predicted molar refractivity (Wildman–Crippen MR) is 107 cm³/mol. The average molecular weight is 395 g/mol. The van der Waals surface area contributed by atoms with Crippen LogP contribution < -0.4 is 10.6 Å². The molecular weight excluding hydrogens is 376 g/mol. The number of hydrogen-bond acceptors (Lipinski definition) is 3. The maximum absolute atomic E-state index is 13.8. The fourth-order valence-corrected chi connectivity index (χ4v) is 2.86. The number of anilines is 2. The van der Waals surface area contributed by atoms with E-state index >= 15 is 0 Å². The van der Waals surface area contributed by atoms with Crippen LogP contribution in [-0.2, 0) is 6.42 Å². The van der Waals surface area contributed by atoms with Crippen LogP contribution in [0.15, 0.2) is 54.9 Å². The van der Waals surface area contributed by atoms with Gasteiger partial charge in [-0.25, -0.2) is 8.78 Å². The Morgan fingerprint density at radius 2 is 1.66 bits per heavy atom. The molecule has 3 rings (SSSR count). The quantitative estimate of drug-likeness (QED) is 0.656. The number of benzene rings is 2. The van der Waals surface area contributed by atoms with Gasteiger partial charge in [0.15, 0.2) is 0 Å². The topological polar surface area (TPSA) is 71.1 Å². The molecule has 2 aromatic carbocycles. The summed E-state index contributed by atoms with van der Waals surface area (Å²) >= 11 is 0. The predicted octanol–water partition coefficient (Wildman–Crippen LogP) is 4.74. The molecule has 3 aromatic rings. The molecule has 7 heteroatoms. The van der Waals surface area contributed by atoms with Crippen LogP contribution in [0.5, 0.6) is 0 Å². The lowest BCUT2D eigenvalue weighted by Gasteiger charge is -2.13. The van der Waals surface area contributed by atoms with Crippen molar-refractivity contribution in [1.82, 2.24) is 4.98 Å². The van der Waals surface area contributed by atoms with Crippen LogP contribution in [0.25, 0.3) is 0 Å². The van der Waals surface area contributed by atoms with E-state index in [2.05, 4.69) is 15.6 Å². The summed E-state index contributed by atoms with van der Waals surface area (Å²) in [7, 11) is 0. The highest BCUT2D eigenvalue weighted by atomic mass is 19.1. The molecule has 0 aliphatic carbocycles. The first kappa shape index (κ1) is 20.1. The van der Waals surface area contributed by atoms with E-state index in [1.54, 1.807) is 0 Å².